The topological polar surface area (TPSA) is 136 Å². The first kappa shape index (κ1) is 26.7. The first-order valence-electron chi connectivity index (χ1n) is 12.6. The van der Waals surface area contributed by atoms with E-state index in [2.05, 4.69) is 29.5 Å². The van der Waals surface area contributed by atoms with Crippen LogP contribution in [0.1, 0.15) is 58.3 Å². The van der Waals surface area contributed by atoms with Crippen molar-refractivity contribution in [1.82, 2.24) is 19.9 Å². The first-order valence-corrected chi connectivity index (χ1v) is 13.4. The van der Waals surface area contributed by atoms with Gasteiger partial charge in [0.1, 0.15) is 16.3 Å². The van der Waals surface area contributed by atoms with Gasteiger partial charge in [-0.1, -0.05) is 13.8 Å². The maximum absolute atomic E-state index is 10.6. The Morgan fingerprint density at radius 3 is 2.50 bits per heavy atom. The molecule has 196 valence electrons. The van der Waals surface area contributed by atoms with Gasteiger partial charge < -0.3 is 26.0 Å². The zero-order valence-electron chi connectivity index (χ0n) is 21.9. The van der Waals surface area contributed by atoms with Crippen LogP contribution in [0.2, 0.25) is 0 Å². The molecule has 0 spiro atoms. The molecule has 10 heteroatoms. The number of aromatic nitrogens is 4. The van der Waals surface area contributed by atoms with Crippen LogP contribution in [0, 0.1) is 25.7 Å². The summed E-state index contributed by atoms with van der Waals surface area (Å²) in [5.41, 5.74) is 2.33. The number of pyridine rings is 1. The Kier molecular flexibility index (Phi) is 7.80. The van der Waals surface area contributed by atoms with Crippen molar-refractivity contribution in [2.45, 2.75) is 84.6 Å². The molecule has 3 aromatic rings. The summed E-state index contributed by atoms with van der Waals surface area (Å²) in [6, 6.07) is 1.73. The van der Waals surface area contributed by atoms with E-state index in [9.17, 15) is 15.3 Å². The van der Waals surface area contributed by atoms with Gasteiger partial charge in [-0.25, -0.2) is 9.97 Å². The van der Waals surface area contributed by atoms with Gasteiger partial charge in [0, 0.05) is 18.2 Å². The lowest BCUT2D eigenvalue weighted by atomic mass is 9.88. The maximum Gasteiger partial charge on any atom is 0.225 e. The second kappa shape index (κ2) is 10.5. The summed E-state index contributed by atoms with van der Waals surface area (Å²) in [6.45, 7) is 11.6. The van der Waals surface area contributed by atoms with Crippen LogP contribution in [0.15, 0.2) is 12.3 Å². The SMILES string of the molecule is Cc1nc(N[C@@H](CO)CC(C)C)nc(N[C@H]2C[C@H](O)[C@@H](C(C)(C)O)C2)c1-c1nc2c(C)nccc2s1. The summed E-state index contributed by atoms with van der Waals surface area (Å²) >= 11 is 1.57. The molecule has 3 aromatic heterocycles. The number of nitrogens with zero attached hydrogens (tertiary/aromatic N) is 4. The van der Waals surface area contributed by atoms with Crippen LogP contribution in [0.4, 0.5) is 11.8 Å². The highest BCUT2D eigenvalue weighted by atomic mass is 32.1. The van der Waals surface area contributed by atoms with E-state index in [1.165, 1.54) is 0 Å². The van der Waals surface area contributed by atoms with Crippen LogP contribution in [0.5, 0.6) is 0 Å². The molecule has 0 radical (unpaired) electrons. The van der Waals surface area contributed by atoms with Gasteiger partial charge >= 0.3 is 0 Å². The number of hydrogen-bond donors (Lipinski definition) is 5. The third kappa shape index (κ3) is 5.77. The van der Waals surface area contributed by atoms with Gasteiger partial charge in [0.25, 0.3) is 0 Å². The fraction of sp³-hybridized carbons (Fsp3) is 0.615. The molecule has 1 fully saturated rings. The molecule has 0 bridgehead atoms. The molecule has 0 saturated heterocycles. The highest BCUT2D eigenvalue weighted by molar-refractivity contribution is 7.21. The van der Waals surface area contributed by atoms with E-state index in [4.69, 9.17) is 15.0 Å². The largest absolute Gasteiger partial charge is 0.394 e. The van der Waals surface area contributed by atoms with Gasteiger partial charge in [0.05, 0.1) is 46.0 Å². The molecule has 36 heavy (non-hydrogen) atoms. The molecule has 4 rings (SSSR count). The van der Waals surface area contributed by atoms with E-state index < -0.39 is 11.7 Å². The normalized spacial score (nSPS) is 21.3. The van der Waals surface area contributed by atoms with Crippen molar-refractivity contribution in [2.75, 3.05) is 17.2 Å². The Labute approximate surface area is 216 Å². The van der Waals surface area contributed by atoms with E-state index >= 15 is 0 Å². The molecule has 5 N–H and O–H groups in total. The number of fused-ring (bicyclic) bond motifs is 1. The minimum Gasteiger partial charge on any atom is -0.394 e. The quantitative estimate of drug-likeness (QED) is 0.288. The zero-order valence-corrected chi connectivity index (χ0v) is 22.7. The lowest BCUT2D eigenvalue weighted by molar-refractivity contribution is -0.0314. The van der Waals surface area contributed by atoms with E-state index in [1.807, 2.05) is 19.9 Å². The van der Waals surface area contributed by atoms with Crippen molar-refractivity contribution < 1.29 is 15.3 Å². The van der Waals surface area contributed by atoms with Gasteiger partial charge in [0.15, 0.2) is 0 Å². The van der Waals surface area contributed by atoms with Crippen LogP contribution in [0.3, 0.4) is 0 Å². The van der Waals surface area contributed by atoms with Crippen molar-refractivity contribution in [1.29, 1.82) is 0 Å². The molecule has 3 heterocycles. The smallest absolute Gasteiger partial charge is 0.225 e. The Bertz CT molecular complexity index is 1210. The third-order valence-electron chi connectivity index (χ3n) is 6.88. The Balaban J connectivity index is 1.73. The number of aliphatic hydroxyl groups excluding tert-OH is 2. The number of hydrogen-bond acceptors (Lipinski definition) is 10. The second-order valence-corrected chi connectivity index (χ2v) is 11.9. The van der Waals surface area contributed by atoms with Crippen molar-refractivity contribution in [2.24, 2.45) is 11.8 Å². The zero-order chi connectivity index (χ0) is 26.2. The fourth-order valence-corrected chi connectivity index (χ4v) is 6.21. The van der Waals surface area contributed by atoms with Crippen molar-refractivity contribution >= 4 is 33.3 Å². The molecule has 1 saturated carbocycles. The molecular weight excluding hydrogens is 476 g/mol. The summed E-state index contributed by atoms with van der Waals surface area (Å²) in [5.74, 6) is 1.24. The lowest BCUT2D eigenvalue weighted by Crippen LogP contribution is -2.36. The number of nitrogens with one attached hydrogen (secondary N) is 2. The van der Waals surface area contributed by atoms with Gasteiger partial charge in [-0.05, 0) is 58.9 Å². The van der Waals surface area contributed by atoms with E-state index in [-0.39, 0.29) is 24.6 Å². The van der Waals surface area contributed by atoms with E-state index in [1.54, 1.807) is 31.4 Å². The van der Waals surface area contributed by atoms with Crippen LogP contribution in [-0.2, 0) is 0 Å². The highest BCUT2D eigenvalue weighted by Crippen LogP contribution is 2.40. The molecule has 1 aliphatic carbocycles. The van der Waals surface area contributed by atoms with E-state index in [0.717, 1.165) is 38.6 Å². The van der Waals surface area contributed by atoms with E-state index in [0.29, 0.717) is 30.5 Å². The monoisotopic (exact) mass is 514 g/mol. The highest BCUT2D eigenvalue weighted by Gasteiger charge is 2.41. The molecule has 4 atom stereocenters. The Morgan fingerprint density at radius 1 is 1.14 bits per heavy atom. The molecule has 0 aliphatic heterocycles. The summed E-state index contributed by atoms with van der Waals surface area (Å²) in [7, 11) is 0. The third-order valence-corrected chi connectivity index (χ3v) is 7.92. The molecule has 9 nitrogen and oxygen atoms in total. The van der Waals surface area contributed by atoms with Crippen LogP contribution in [-0.4, -0.2) is 65.7 Å². The lowest BCUT2D eigenvalue weighted by Gasteiger charge is -2.28. The predicted octanol–water partition coefficient (Wildman–Crippen LogP) is 3.91. The number of anilines is 2. The van der Waals surface area contributed by atoms with Gasteiger partial charge in [0.2, 0.25) is 5.95 Å². The summed E-state index contributed by atoms with van der Waals surface area (Å²) < 4.78 is 1.04. The average Bonchev–Trinajstić information content (AvgIpc) is 3.36. The Morgan fingerprint density at radius 2 is 1.89 bits per heavy atom. The average molecular weight is 515 g/mol. The number of aliphatic hydroxyl groups is 3. The Hall–Kier alpha value is -2.40. The van der Waals surface area contributed by atoms with Crippen LogP contribution < -0.4 is 10.6 Å². The molecule has 1 aliphatic rings. The molecule has 0 unspecified atom stereocenters. The van der Waals surface area contributed by atoms with Crippen molar-refractivity contribution in [3.63, 3.8) is 0 Å². The van der Waals surface area contributed by atoms with Gasteiger partial charge in [-0.3, -0.25) is 4.98 Å². The first-order chi connectivity index (χ1) is 17.0. The summed E-state index contributed by atoms with van der Waals surface area (Å²) in [5, 5.41) is 38.7. The number of thiazole rings is 1. The second-order valence-electron chi connectivity index (χ2n) is 10.9. The minimum atomic E-state index is -0.976. The predicted molar refractivity (Wildman–Crippen MR) is 144 cm³/mol. The van der Waals surface area contributed by atoms with Crippen LogP contribution in [0.25, 0.3) is 20.8 Å². The molecule has 0 amide bonds. The van der Waals surface area contributed by atoms with Gasteiger partial charge in [-0.2, -0.15) is 4.98 Å². The van der Waals surface area contributed by atoms with Crippen molar-refractivity contribution in [3.05, 3.63) is 23.7 Å². The fourth-order valence-electron chi connectivity index (χ4n) is 5.10. The summed E-state index contributed by atoms with van der Waals surface area (Å²) in [4.78, 5) is 18.8. The van der Waals surface area contributed by atoms with Crippen molar-refractivity contribution in [3.8, 4) is 10.6 Å². The molecular formula is C26H38N6O3S. The maximum atomic E-state index is 10.6. The number of aryl methyl sites for hydroxylation is 2. The molecule has 0 aromatic carbocycles. The number of rotatable bonds is 9. The standard InChI is InChI=1S/C26H38N6O3S/c1-13(2)9-17(12-33)30-25-28-14(3)21(24-31-22-15(4)27-8-7-20(22)36-24)23(32-25)29-16-10-18(19(34)11-16)26(5,6)35/h7-8,13,16-19,33-35H,9-12H2,1-6H3,(H2,28,29,30,32)/t16-,17-,18+,19+/m1/s1. The minimum absolute atomic E-state index is 0.0165. The summed E-state index contributed by atoms with van der Waals surface area (Å²) in [6.07, 6.45) is 3.10. The van der Waals surface area contributed by atoms with Crippen LogP contribution >= 0.6 is 11.3 Å². The van der Waals surface area contributed by atoms with Gasteiger partial charge in [-0.15, -0.1) is 11.3 Å².